The Bertz CT molecular complexity index is 1240. The number of carbonyl (C=O) groups is 1. The minimum atomic E-state index is -0.682. The lowest BCUT2D eigenvalue weighted by molar-refractivity contribution is -0.117. The SMILES string of the molecule is C=CC(=O)NC1CN(c2ccc(-c3cc(N4CC(C)(O)C4)cn4ncc(C#N)c34)cc2)C1. The molecule has 5 rings (SSSR count). The number of nitriles is 1. The van der Waals surface area contributed by atoms with Gasteiger partial charge in [-0.05, 0) is 36.8 Å². The molecule has 1 aromatic carbocycles. The van der Waals surface area contributed by atoms with Gasteiger partial charge in [0.25, 0.3) is 0 Å². The van der Waals surface area contributed by atoms with Crippen molar-refractivity contribution in [3.05, 3.63) is 60.9 Å². The molecule has 2 saturated heterocycles. The van der Waals surface area contributed by atoms with Crippen LogP contribution in [0.5, 0.6) is 0 Å². The fourth-order valence-corrected chi connectivity index (χ4v) is 4.43. The number of nitrogens with zero attached hydrogens (tertiary/aromatic N) is 5. The lowest BCUT2D eigenvalue weighted by atomic mass is 9.95. The molecule has 4 heterocycles. The number of benzene rings is 1. The van der Waals surface area contributed by atoms with Crippen molar-refractivity contribution in [1.29, 1.82) is 5.26 Å². The van der Waals surface area contributed by atoms with Crippen LogP contribution in [0.25, 0.3) is 16.6 Å². The van der Waals surface area contributed by atoms with E-state index in [0.29, 0.717) is 18.7 Å². The average Bonchev–Trinajstić information content (AvgIpc) is 3.16. The zero-order valence-electron chi connectivity index (χ0n) is 17.8. The first kappa shape index (κ1) is 20.1. The summed E-state index contributed by atoms with van der Waals surface area (Å²) in [6.45, 7) is 7.94. The van der Waals surface area contributed by atoms with Crippen molar-refractivity contribution in [2.24, 2.45) is 0 Å². The number of aromatic nitrogens is 2. The van der Waals surface area contributed by atoms with Gasteiger partial charge in [-0.2, -0.15) is 10.4 Å². The minimum Gasteiger partial charge on any atom is -0.386 e. The van der Waals surface area contributed by atoms with Gasteiger partial charge in [0.05, 0.1) is 40.8 Å². The number of aliphatic hydroxyl groups is 1. The van der Waals surface area contributed by atoms with Crippen LogP contribution in [0.3, 0.4) is 0 Å². The number of fused-ring (bicyclic) bond motifs is 1. The standard InChI is InChI=1S/C24H24N6O2/c1-3-22(31)27-18-11-28(12-18)19-6-4-16(5-7-19)21-8-20(29-14-24(2,32)15-29)13-30-23(21)17(9-25)10-26-30/h3-8,10,13,18,32H,1,11-12,14-15H2,2H3,(H,27,31). The van der Waals surface area contributed by atoms with Crippen LogP contribution in [0.1, 0.15) is 12.5 Å². The van der Waals surface area contributed by atoms with Crippen molar-refractivity contribution in [3.8, 4) is 17.2 Å². The molecule has 0 saturated carbocycles. The molecule has 2 aliphatic heterocycles. The number of hydrogen-bond acceptors (Lipinski definition) is 6. The maximum absolute atomic E-state index is 11.4. The summed E-state index contributed by atoms with van der Waals surface area (Å²) in [4.78, 5) is 15.7. The Kier molecular flexibility index (Phi) is 4.64. The number of amides is 1. The van der Waals surface area contributed by atoms with Gasteiger partial charge in [-0.25, -0.2) is 4.52 Å². The maximum Gasteiger partial charge on any atom is 0.243 e. The summed E-state index contributed by atoms with van der Waals surface area (Å²) in [6.07, 6.45) is 4.78. The summed E-state index contributed by atoms with van der Waals surface area (Å²) < 4.78 is 1.74. The Hall–Kier alpha value is -3.83. The fraction of sp³-hybridized carbons (Fsp3) is 0.292. The van der Waals surface area contributed by atoms with Crippen molar-refractivity contribution < 1.29 is 9.90 Å². The molecule has 3 aromatic rings. The van der Waals surface area contributed by atoms with Crippen LogP contribution in [-0.2, 0) is 4.79 Å². The van der Waals surface area contributed by atoms with E-state index in [2.05, 4.69) is 51.1 Å². The van der Waals surface area contributed by atoms with Gasteiger partial charge >= 0.3 is 0 Å². The van der Waals surface area contributed by atoms with E-state index in [1.165, 1.54) is 6.08 Å². The van der Waals surface area contributed by atoms with Gasteiger partial charge in [-0.15, -0.1) is 0 Å². The van der Waals surface area contributed by atoms with E-state index >= 15 is 0 Å². The molecule has 32 heavy (non-hydrogen) atoms. The summed E-state index contributed by atoms with van der Waals surface area (Å²) in [5.41, 5.74) is 4.56. The lowest BCUT2D eigenvalue weighted by Crippen LogP contribution is -2.60. The summed E-state index contributed by atoms with van der Waals surface area (Å²) in [7, 11) is 0. The molecule has 0 unspecified atom stereocenters. The predicted molar refractivity (Wildman–Crippen MR) is 123 cm³/mol. The second-order valence-corrected chi connectivity index (χ2v) is 8.79. The zero-order chi connectivity index (χ0) is 22.5. The van der Waals surface area contributed by atoms with Crippen LogP contribution in [0, 0.1) is 11.3 Å². The third-order valence-electron chi connectivity index (χ3n) is 6.10. The summed E-state index contributed by atoms with van der Waals surface area (Å²) in [6, 6.07) is 12.6. The molecule has 162 valence electrons. The third-order valence-corrected chi connectivity index (χ3v) is 6.10. The first-order valence-corrected chi connectivity index (χ1v) is 10.5. The van der Waals surface area contributed by atoms with E-state index in [0.717, 1.165) is 41.1 Å². The third kappa shape index (κ3) is 3.47. The number of rotatable bonds is 5. The Balaban J connectivity index is 1.43. The Labute approximate surface area is 186 Å². The van der Waals surface area contributed by atoms with Crippen molar-refractivity contribution in [1.82, 2.24) is 14.9 Å². The molecule has 2 N–H and O–H groups in total. The summed E-state index contributed by atoms with van der Waals surface area (Å²) in [5, 5.41) is 27.0. The quantitative estimate of drug-likeness (QED) is 0.603. The summed E-state index contributed by atoms with van der Waals surface area (Å²) in [5.74, 6) is -0.147. The highest BCUT2D eigenvalue weighted by atomic mass is 16.3. The van der Waals surface area contributed by atoms with E-state index < -0.39 is 5.60 Å². The molecule has 0 spiro atoms. The molecule has 0 aliphatic carbocycles. The maximum atomic E-state index is 11.4. The van der Waals surface area contributed by atoms with Gasteiger partial charge in [0.15, 0.2) is 0 Å². The second kappa shape index (κ2) is 7.39. The zero-order valence-corrected chi connectivity index (χ0v) is 17.8. The average molecular weight is 428 g/mol. The molecule has 2 fully saturated rings. The number of nitrogens with one attached hydrogen (secondary N) is 1. The molecule has 0 bridgehead atoms. The molecule has 8 nitrogen and oxygen atoms in total. The largest absolute Gasteiger partial charge is 0.386 e. The molecule has 2 aromatic heterocycles. The molecule has 2 aliphatic rings. The van der Waals surface area contributed by atoms with Crippen LogP contribution in [-0.4, -0.2) is 58.4 Å². The lowest BCUT2D eigenvalue weighted by Gasteiger charge is -2.45. The second-order valence-electron chi connectivity index (χ2n) is 8.79. The van der Waals surface area contributed by atoms with Gasteiger partial charge in [0, 0.05) is 37.4 Å². The first-order valence-electron chi connectivity index (χ1n) is 10.5. The highest BCUT2D eigenvalue weighted by Crippen LogP contribution is 2.35. The number of β-amino-alcohol motifs (C(OH)–C–C–N with tert-alkyl or cyclic N) is 1. The smallest absolute Gasteiger partial charge is 0.243 e. The van der Waals surface area contributed by atoms with Crippen LogP contribution < -0.4 is 15.1 Å². The van der Waals surface area contributed by atoms with Gasteiger partial charge in [-0.1, -0.05) is 18.7 Å². The van der Waals surface area contributed by atoms with Crippen molar-refractivity contribution in [3.63, 3.8) is 0 Å². The summed E-state index contributed by atoms with van der Waals surface area (Å²) >= 11 is 0. The van der Waals surface area contributed by atoms with Gasteiger partial charge < -0.3 is 20.2 Å². The molecule has 0 radical (unpaired) electrons. The number of anilines is 2. The first-order chi connectivity index (χ1) is 15.4. The van der Waals surface area contributed by atoms with E-state index in [1.54, 1.807) is 10.7 Å². The number of hydrogen-bond donors (Lipinski definition) is 2. The predicted octanol–water partition coefficient (Wildman–Crippen LogP) is 1.93. The van der Waals surface area contributed by atoms with Gasteiger partial charge in [0.2, 0.25) is 5.91 Å². The topological polar surface area (TPSA) is 96.9 Å². The van der Waals surface area contributed by atoms with Crippen molar-refractivity contribution >= 4 is 22.8 Å². The minimum absolute atomic E-state index is 0.134. The highest BCUT2D eigenvalue weighted by Gasteiger charge is 2.37. The van der Waals surface area contributed by atoms with Crippen LogP contribution >= 0.6 is 0 Å². The normalized spacial score (nSPS) is 17.4. The monoisotopic (exact) mass is 428 g/mol. The molecule has 0 atom stereocenters. The molecule has 8 heteroatoms. The van der Waals surface area contributed by atoms with Crippen LogP contribution in [0.2, 0.25) is 0 Å². The molecule has 1 amide bonds. The Morgan fingerprint density at radius 3 is 2.62 bits per heavy atom. The Morgan fingerprint density at radius 2 is 2.00 bits per heavy atom. The van der Waals surface area contributed by atoms with Crippen LogP contribution in [0.15, 0.2) is 55.4 Å². The van der Waals surface area contributed by atoms with Gasteiger partial charge in [0.1, 0.15) is 6.07 Å². The molecular formula is C24H24N6O2. The highest BCUT2D eigenvalue weighted by molar-refractivity contribution is 5.88. The van der Waals surface area contributed by atoms with E-state index in [9.17, 15) is 15.2 Å². The Morgan fingerprint density at radius 1 is 1.28 bits per heavy atom. The fourth-order valence-electron chi connectivity index (χ4n) is 4.43. The van der Waals surface area contributed by atoms with E-state index in [-0.39, 0.29) is 11.9 Å². The number of pyridine rings is 1. The van der Waals surface area contributed by atoms with E-state index in [4.69, 9.17) is 0 Å². The van der Waals surface area contributed by atoms with Crippen molar-refractivity contribution in [2.45, 2.75) is 18.6 Å². The van der Waals surface area contributed by atoms with Crippen molar-refractivity contribution in [2.75, 3.05) is 36.0 Å². The van der Waals surface area contributed by atoms with Crippen LogP contribution in [0.4, 0.5) is 11.4 Å². The van der Waals surface area contributed by atoms with Gasteiger partial charge in [-0.3, -0.25) is 4.79 Å². The van der Waals surface area contributed by atoms with E-state index in [1.807, 2.05) is 25.3 Å². The molecular weight excluding hydrogens is 404 g/mol. The number of carbonyl (C=O) groups excluding carboxylic acids is 1.